The number of nitrogen functional groups attached to an aromatic ring is 1. The molecule has 170 valence electrons. The Hall–Kier alpha value is -3.62. The number of rotatable bonds is 8. The largest absolute Gasteiger partial charge is 0.383 e. The van der Waals surface area contributed by atoms with Crippen molar-refractivity contribution in [3.05, 3.63) is 68.6 Å². The van der Waals surface area contributed by atoms with Crippen molar-refractivity contribution in [1.82, 2.24) is 19.3 Å². The van der Waals surface area contributed by atoms with Crippen molar-refractivity contribution in [2.45, 2.75) is 47.1 Å². The molecule has 2 heterocycles. The first-order valence-electron chi connectivity index (χ1n) is 10.8. The van der Waals surface area contributed by atoms with Crippen LogP contribution >= 0.6 is 0 Å². The topological polar surface area (TPSA) is 119 Å². The molecule has 0 saturated heterocycles. The Morgan fingerprint density at radius 2 is 1.91 bits per heavy atom. The molecule has 2 aromatic heterocycles. The number of nitrogens with zero attached hydrogens (tertiary/aromatic N) is 4. The number of unbranched alkanes of at least 4 members (excludes halogenated alkanes) is 1. The average molecular weight is 439 g/mol. The van der Waals surface area contributed by atoms with Crippen LogP contribution < -0.4 is 21.9 Å². The number of anilines is 2. The number of aromatic amines is 1. The van der Waals surface area contributed by atoms with Gasteiger partial charge in [-0.15, -0.1) is 0 Å². The molecule has 0 aliphatic rings. The van der Waals surface area contributed by atoms with Crippen LogP contribution in [0.3, 0.4) is 0 Å². The fourth-order valence-electron chi connectivity index (χ4n) is 3.56. The van der Waals surface area contributed by atoms with Crippen LogP contribution in [0.2, 0.25) is 0 Å². The van der Waals surface area contributed by atoms with Crippen LogP contribution in [0.15, 0.2) is 46.0 Å². The zero-order valence-electron chi connectivity index (χ0n) is 19.0. The minimum absolute atomic E-state index is 0.0175. The van der Waals surface area contributed by atoms with Gasteiger partial charge in [-0.05, 0) is 37.5 Å². The van der Waals surface area contributed by atoms with E-state index in [9.17, 15) is 14.4 Å². The molecule has 0 atom stereocenters. The summed E-state index contributed by atoms with van der Waals surface area (Å²) in [5, 5.41) is 4.49. The third-order valence-corrected chi connectivity index (χ3v) is 5.12. The van der Waals surface area contributed by atoms with E-state index in [-0.39, 0.29) is 29.7 Å². The molecule has 1 aromatic carbocycles. The number of nitrogens with two attached hydrogens (primary N) is 1. The molecule has 3 N–H and O–H groups in total. The Balaban J connectivity index is 2.09. The van der Waals surface area contributed by atoms with Crippen molar-refractivity contribution < 1.29 is 4.79 Å². The number of carbonyl (C=O) groups is 1. The van der Waals surface area contributed by atoms with Gasteiger partial charge >= 0.3 is 5.69 Å². The number of benzene rings is 1. The third-order valence-electron chi connectivity index (χ3n) is 5.12. The maximum absolute atomic E-state index is 13.5. The zero-order valence-corrected chi connectivity index (χ0v) is 19.0. The van der Waals surface area contributed by atoms with Crippen LogP contribution in [0.1, 0.15) is 49.8 Å². The molecule has 3 rings (SSSR count). The highest BCUT2D eigenvalue weighted by Crippen LogP contribution is 2.21. The van der Waals surface area contributed by atoms with E-state index in [0.29, 0.717) is 13.0 Å². The van der Waals surface area contributed by atoms with Crippen molar-refractivity contribution in [2.24, 2.45) is 5.92 Å². The fourth-order valence-corrected chi connectivity index (χ4v) is 3.56. The highest BCUT2D eigenvalue weighted by Gasteiger charge is 2.27. The van der Waals surface area contributed by atoms with E-state index >= 15 is 0 Å². The quantitative estimate of drug-likeness (QED) is 0.560. The molecule has 0 bridgehead atoms. The number of hydrogen-bond donors (Lipinski definition) is 2. The molecule has 0 unspecified atom stereocenters. The summed E-state index contributed by atoms with van der Waals surface area (Å²) in [5.74, 6) is -0.336. The fraction of sp³-hybridized carbons (Fsp3) is 0.391. The van der Waals surface area contributed by atoms with Crippen molar-refractivity contribution >= 4 is 17.4 Å². The third kappa shape index (κ3) is 4.66. The molecular weight excluding hydrogens is 408 g/mol. The molecule has 0 aliphatic heterocycles. The van der Waals surface area contributed by atoms with Crippen LogP contribution in [0.5, 0.6) is 0 Å². The van der Waals surface area contributed by atoms with Gasteiger partial charge in [-0.2, -0.15) is 5.10 Å². The number of nitrogens with one attached hydrogen (secondary N) is 1. The first-order valence-corrected chi connectivity index (χ1v) is 10.8. The van der Waals surface area contributed by atoms with Crippen LogP contribution in [0, 0.1) is 12.8 Å². The molecule has 32 heavy (non-hydrogen) atoms. The zero-order chi connectivity index (χ0) is 23.4. The van der Waals surface area contributed by atoms with E-state index in [1.54, 1.807) is 10.7 Å². The van der Waals surface area contributed by atoms with Crippen LogP contribution in [0.25, 0.3) is 5.69 Å². The van der Waals surface area contributed by atoms with Gasteiger partial charge in [0.2, 0.25) is 0 Å². The Morgan fingerprint density at radius 3 is 2.53 bits per heavy atom. The number of aromatic nitrogens is 4. The molecule has 0 aliphatic carbocycles. The summed E-state index contributed by atoms with van der Waals surface area (Å²) in [5.41, 5.74) is 6.79. The Morgan fingerprint density at radius 1 is 1.22 bits per heavy atom. The van der Waals surface area contributed by atoms with Gasteiger partial charge in [-0.1, -0.05) is 45.4 Å². The summed E-state index contributed by atoms with van der Waals surface area (Å²) in [4.78, 5) is 42.3. The molecule has 9 heteroatoms. The molecule has 0 saturated carbocycles. The monoisotopic (exact) mass is 438 g/mol. The number of para-hydroxylation sites is 1. The van der Waals surface area contributed by atoms with E-state index in [1.807, 2.05) is 58.0 Å². The van der Waals surface area contributed by atoms with Gasteiger partial charge in [0.25, 0.3) is 11.5 Å². The molecule has 9 nitrogen and oxygen atoms in total. The van der Waals surface area contributed by atoms with Gasteiger partial charge in [0.15, 0.2) is 11.4 Å². The molecule has 0 fully saturated rings. The lowest BCUT2D eigenvalue weighted by Gasteiger charge is -2.24. The Bertz CT molecular complexity index is 1210. The van der Waals surface area contributed by atoms with Gasteiger partial charge in [0.1, 0.15) is 5.82 Å². The maximum Gasteiger partial charge on any atom is 0.330 e. The smallest absolute Gasteiger partial charge is 0.330 e. The Labute approximate surface area is 186 Å². The average Bonchev–Trinajstić information content (AvgIpc) is 3.15. The highest BCUT2D eigenvalue weighted by molar-refractivity contribution is 6.06. The van der Waals surface area contributed by atoms with Crippen LogP contribution in [0.4, 0.5) is 11.5 Å². The van der Waals surface area contributed by atoms with E-state index in [2.05, 4.69) is 10.1 Å². The van der Waals surface area contributed by atoms with E-state index in [1.165, 1.54) is 9.47 Å². The van der Waals surface area contributed by atoms with Gasteiger partial charge in [0.05, 0.1) is 5.69 Å². The predicted molar refractivity (Wildman–Crippen MR) is 125 cm³/mol. The van der Waals surface area contributed by atoms with Crippen molar-refractivity contribution in [1.29, 1.82) is 0 Å². The van der Waals surface area contributed by atoms with Gasteiger partial charge in [0, 0.05) is 18.8 Å². The minimum Gasteiger partial charge on any atom is -0.383 e. The van der Waals surface area contributed by atoms with Crippen LogP contribution in [-0.2, 0) is 6.54 Å². The number of amides is 1. The molecule has 0 radical (unpaired) electrons. The minimum atomic E-state index is -0.684. The number of carbonyl (C=O) groups excluding carboxylic acids is 1. The first-order chi connectivity index (χ1) is 15.2. The summed E-state index contributed by atoms with van der Waals surface area (Å²) in [7, 11) is 0. The molecule has 3 aromatic rings. The van der Waals surface area contributed by atoms with Crippen molar-refractivity contribution in [2.75, 3.05) is 17.2 Å². The SMILES string of the molecule is CCCCN(C(=O)c1cc(C)n(-c2ccccc2)n1)c1c(N)n(CC(C)C)c(=O)[nH]c1=O. The van der Waals surface area contributed by atoms with E-state index < -0.39 is 17.2 Å². The van der Waals surface area contributed by atoms with Gasteiger partial charge in [-0.25, -0.2) is 9.48 Å². The second kappa shape index (κ2) is 9.67. The molecule has 1 amide bonds. The Kier molecular flexibility index (Phi) is 6.97. The van der Waals surface area contributed by atoms with Gasteiger partial charge in [-0.3, -0.25) is 24.0 Å². The number of aryl methyl sites for hydroxylation is 1. The van der Waals surface area contributed by atoms with Crippen LogP contribution in [-0.4, -0.2) is 31.8 Å². The van der Waals surface area contributed by atoms with Crippen molar-refractivity contribution in [3.63, 3.8) is 0 Å². The lowest BCUT2D eigenvalue weighted by atomic mass is 10.2. The molecular formula is C23H30N6O3. The normalized spacial score (nSPS) is 11.2. The van der Waals surface area contributed by atoms with E-state index in [4.69, 9.17) is 5.73 Å². The maximum atomic E-state index is 13.5. The summed E-state index contributed by atoms with van der Waals surface area (Å²) in [6.07, 6.45) is 1.47. The van der Waals surface area contributed by atoms with Gasteiger partial charge < -0.3 is 5.73 Å². The standard InChI is InChI=1S/C23H30N6O3/c1-5-6-12-27(19-20(24)28(14-15(2)3)23(32)25-21(19)30)22(31)18-13-16(4)29(26-18)17-10-8-7-9-11-17/h7-11,13,15H,5-6,12,14,24H2,1-4H3,(H,25,30,32). The number of hydrogen-bond acceptors (Lipinski definition) is 5. The van der Waals surface area contributed by atoms with Crippen molar-refractivity contribution in [3.8, 4) is 5.69 Å². The van der Waals surface area contributed by atoms with E-state index in [0.717, 1.165) is 17.8 Å². The first kappa shape index (κ1) is 23.1. The predicted octanol–water partition coefficient (Wildman–Crippen LogP) is 2.72. The molecule has 0 spiro atoms. The second-order valence-electron chi connectivity index (χ2n) is 8.23. The summed E-state index contributed by atoms with van der Waals surface area (Å²) in [6.45, 7) is 8.33. The summed E-state index contributed by atoms with van der Waals surface area (Å²) in [6, 6.07) is 11.2. The number of H-pyrrole nitrogens is 1. The lowest BCUT2D eigenvalue weighted by molar-refractivity contribution is 0.0981. The summed E-state index contributed by atoms with van der Waals surface area (Å²) < 4.78 is 2.99. The highest BCUT2D eigenvalue weighted by atomic mass is 16.2. The lowest BCUT2D eigenvalue weighted by Crippen LogP contribution is -2.42. The second-order valence-corrected chi connectivity index (χ2v) is 8.23. The summed E-state index contributed by atoms with van der Waals surface area (Å²) >= 11 is 0.